The number of allylic oxidation sites excluding steroid dienone is 3. The number of unbranched alkanes of at least 4 members (excludes halogenated alkanes) is 4. The van der Waals surface area contributed by atoms with Crippen LogP contribution in [0, 0.1) is 29.6 Å². The number of aromatic nitrogens is 1. The number of aliphatic hydroxyl groups is 4. The van der Waals surface area contributed by atoms with Gasteiger partial charge in [0.2, 0.25) is 0 Å². The summed E-state index contributed by atoms with van der Waals surface area (Å²) in [5, 5.41) is 56.9. The monoisotopic (exact) mass is 698 g/mol. The molecule has 8 atom stereocenters. The van der Waals surface area contributed by atoms with E-state index < -0.39 is 23.6 Å². The quantitative estimate of drug-likeness (QED) is 0.0534. The van der Waals surface area contributed by atoms with Gasteiger partial charge in [-0.2, -0.15) is 0 Å². The maximum atomic E-state index is 12.3. The molecule has 1 fully saturated rings. The largest absolute Gasteiger partial charge is 0.481 e. The molecular formula is C41H67N3O6. The fourth-order valence-electron chi connectivity index (χ4n) is 8.98. The second-order valence-corrected chi connectivity index (χ2v) is 15.7. The van der Waals surface area contributed by atoms with Gasteiger partial charge in [0.1, 0.15) is 0 Å². The Hall–Kier alpha value is -2.59. The van der Waals surface area contributed by atoms with E-state index in [2.05, 4.69) is 48.4 Å². The van der Waals surface area contributed by atoms with Crippen LogP contribution in [0.2, 0.25) is 0 Å². The lowest BCUT2D eigenvalue weighted by Gasteiger charge is -2.32. The second kappa shape index (κ2) is 19.9. The lowest BCUT2D eigenvalue weighted by Crippen LogP contribution is -2.37. The van der Waals surface area contributed by atoms with E-state index in [1.54, 1.807) is 0 Å². The summed E-state index contributed by atoms with van der Waals surface area (Å²) < 4.78 is 0. The first-order chi connectivity index (χ1) is 24.0. The molecule has 0 unspecified atom stereocenters. The Morgan fingerprint density at radius 2 is 1.86 bits per heavy atom. The van der Waals surface area contributed by atoms with Crippen LogP contribution < -0.4 is 11.1 Å². The molecule has 282 valence electrons. The van der Waals surface area contributed by atoms with Gasteiger partial charge < -0.3 is 41.6 Å². The molecule has 1 saturated carbocycles. The number of aliphatic carboxylic acids is 1. The maximum absolute atomic E-state index is 12.3. The third kappa shape index (κ3) is 11.7. The van der Waals surface area contributed by atoms with Gasteiger partial charge in [-0.05, 0) is 112 Å². The Bertz CT molecular complexity index is 1290. The van der Waals surface area contributed by atoms with Crippen molar-refractivity contribution in [3.63, 3.8) is 0 Å². The molecule has 0 spiro atoms. The van der Waals surface area contributed by atoms with Crippen molar-refractivity contribution in [2.75, 3.05) is 13.2 Å². The highest BCUT2D eigenvalue weighted by atomic mass is 16.4. The molecular weight excluding hydrogens is 630 g/mol. The normalized spacial score (nSPS) is 27.8. The third-order valence-corrected chi connectivity index (χ3v) is 11.9. The highest BCUT2D eigenvalue weighted by Gasteiger charge is 2.46. The van der Waals surface area contributed by atoms with Crippen LogP contribution in [0.5, 0.6) is 0 Å². The number of nitrogens with one attached hydrogen (secondary N) is 2. The van der Waals surface area contributed by atoms with Crippen molar-refractivity contribution in [1.82, 2.24) is 10.3 Å². The molecule has 2 aliphatic carbocycles. The molecule has 0 amide bonds. The molecule has 2 heterocycles. The number of dihydropyridines is 1. The first-order valence-corrected chi connectivity index (χ1v) is 19.7. The molecule has 50 heavy (non-hydrogen) atoms. The van der Waals surface area contributed by atoms with Gasteiger partial charge in [-0.15, -0.1) is 0 Å². The number of hydrogen-bond acceptors (Lipinski definition) is 7. The Kier molecular flexibility index (Phi) is 16.0. The van der Waals surface area contributed by atoms with Crippen LogP contribution in [-0.2, 0) is 24.1 Å². The number of aryl methyl sites for hydroxylation is 1. The summed E-state index contributed by atoms with van der Waals surface area (Å²) in [7, 11) is 0. The zero-order valence-corrected chi connectivity index (χ0v) is 30.8. The van der Waals surface area contributed by atoms with Crippen molar-refractivity contribution in [2.45, 2.75) is 147 Å². The van der Waals surface area contributed by atoms with E-state index in [4.69, 9.17) is 5.73 Å². The van der Waals surface area contributed by atoms with Crippen LogP contribution in [-0.4, -0.2) is 67.4 Å². The first kappa shape index (κ1) is 40.2. The molecule has 9 nitrogen and oxygen atoms in total. The third-order valence-electron chi connectivity index (χ3n) is 11.9. The Balaban J connectivity index is 1.31. The van der Waals surface area contributed by atoms with E-state index in [9.17, 15) is 30.3 Å². The molecule has 4 rings (SSSR count). The molecule has 0 radical (unpaired) electrons. The number of hydrogen-bond donors (Lipinski definition) is 8. The number of aliphatic hydroxyl groups excluding tert-OH is 3. The van der Waals surface area contributed by atoms with Gasteiger partial charge >= 0.3 is 5.97 Å². The fourth-order valence-corrected chi connectivity index (χ4v) is 8.98. The number of H-pyrrole nitrogens is 1. The lowest BCUT2D eigenvalue weighted by molar-refractivity contribution is -0.146. The van der Waals surface area contributed by atoms with Crippen LogP contribution in [0.15, 0.2) is 41.8 Å². The second-order valence-electron chi connectivity index (χ2n) is 15.7. The van der Waals surface area contributed by atoms with E-state index in [1.165, 1.54) is 30.4 Å². The fraction of sp³-hybridized carbons (Fsp3) is 0.732. The van der Waals surface area contributed by atoms with E-state index in [1.807, 2.05) is 6.08 Å². The minimum Gasteiger partial charge on any atom is -0.481 e. The first-order valence-electron chi connectivity index (χ1n) is 19.7. The molecule has 1 aliphatic heterocycles. The maximum Gasteiger partial charge on any atom is 0.309 e. The zero-order chi connectivity index (χ0) is 36.1. The summed E-state index contributed by atoms with van der Waals surface area (Å²) in [5.74, 6) is -0.364. The summed E-state index contributed by atoms with van der Waals surface area (Å²) in [6, 6.07) is 2.16. The number of carbonyl (C=O) groups is 1. The van der Waals surface area contributed by atoms with Gasteiger partial charge in [0.15, 0.2) is 0 Å². The minimum absolute atomic E-state index is 0.0484. The topological polar surface area (TPSA) is 172 Å². The highest BCUT2D eigenvalue weighted by Crippen LogP contribution is 2.47. The van der Waals surface area contributed by atoms with Crippen molar-refractivity contribution in [3.05, 3.63) is 58.7 Å². The summed E-state index contributed by atoms with van der Waals surface area (Å²) in [6.07, 6.45) is 21.6. The van der Waals surface area contributed by atoms with Crippen molar-refractivity contribution in [3.8, 4) is 0 Å². The van der Waals surface area contributed by atoms with Crippen molar-refractivity contribution in [2.24, 2.45) is 35.3 Å². The van der Waals surface area contributed by atoms with Gasteiger partial charge in [-0.1, -0.05) is 70.6 Å². The van der Waals surface area contributed by atoms with Gasteiger partial charge in [0, 0.05) is 36.9 Å². The Labute approximate surface area is 300 Å². The Morgan fingerprint density at radius 3 is 2.56 bits per heavy atom. The van der Waals surface area contributed by atoms with Crippen LogP contribution in [0.1, 0.15) is 127 Å². The van der Waals surface area contributed by atoms with Crippen molar-refractivity contribution < 1.29 is 30.3 Å². The summed E-state index contributed by atoms with van der Waals surface area (Å²) in [4.78, 5) is 15.8. The van der Waals surface area contributed by atoms with Crippen LogP contribution >= 0.6 is 0 Å². The van der Waals surface area contributed by atoms with Gasteiger partial charge in [0.05, 0.1) is 29.5 Å². The van der Waals surface area contributed by atoms with E-state index in [-0.39, 0.29) is 36.9 Å². The van der Waals surface area contributed by atoms with Gasteiger partial charge in [-0.3, -0.25) is 4.79 Å². The molecule has 0 aromatic carbocycles. The van der Waals surface area contributed by atoms with Crippen molar-refractivity contribution in [1.29, 1.82) is 0 Å². The van der Waals surface area contributed by atoms with Crippen LogP contribution in [0.4, 0.5) is 0 Å². The molecule has 9 heteroatoms. The molecule has 1 aromatic heterocycles. The molecule has 9 N–H and O–H groups in total. The summed E-state index contributed by atoms with van der Waals surface area (Å²) in [5.41, 5.74) is 9.44. The van der Waals surface area contributed by atoms with Gasteiger partial charge in [0.25, 0.3) is 0 Å². The number of carboxylic acids is 1. The van der Waals surface area contributed by atoms with Crippen LogP contribution in [0.3, 0.4) is 0 Å². The number of carboxylic acid groups (broad SMARTS) is 1. The Morgan fingerprint density at radius 1 is 1.06 bits per heavy atom. The summed E-state index contributed by atoms with van der Waals surface area (Å²) in [6.45, 7) is 5.08. The SMILES string of the molecule is CCCCC[C@@H]1C=C[C@@H](CCCCC[C@H](C(=O)O)[C@H](O)CC[C@]2(O)C[C@H](CC3=CCNC(N)=C3)C[C@H]2Cc2cc(CC)c(CCO)[nH]2)[C@H](O)C1. The molecule has 0 saturated heterocycles. The number of aromatic amines is 1. The number of nitrogens with two attached hydrogens (primary N) is 1. The lowest BCUT2D eigenvalue weighted by atomic mass is 9.80. The van der Waals surface area contributed by atoms with E-state index in [0.29, 0.717) is 56.8 Å². The average molecular weight is 698 g/mol. The molecule has 3 aliphatic rings. The predicted octanol–water partition coefficient (Wildman–Crippen LogP) is 6.06. The van der Waals surface area contributed by atoms with Gasteiger partial charge in [-0.25, -0.2) is 0 Å². The standard InChI is InChI=1S/C41H67N3O6/c1-3-5-7-10-28-13-14-32(38(47)23-28)11-8-6-9-12-35(40(48)49)37(46)15-18-41(50)27-30(21-29-16-19-43-39(42)24-29)22-33(41)26-34-25-31(4-2)36(44-34)17-20-45/h13-14,16,24-25,28,30,32-33,35,37-38,43-47,50H,3-12,15,17-23,26-27,42H2,1-2H3,(H,48,49)/t28-,30-,32-,33+,35+,37-,38-,41+/m1/s1. The van der Waals surface area contributed by atoms with Crippen molar-refractivity contribution >= 4 is 5.97 Å². The zero-order valence-electron chi connectivity index (χ0n) is 30.8. The minimum atomic E-state index is -1.04. The molecule has 0 bridgehead atoms. The number of rotatable bonds is 22. The highest BCUT2D eigenvalue weighted by molar-refractivity contribution is 5.70. The smallest absolute Gasteiger partial charge is 0.309 e. The van der Waals surface area contributed by atoms with E-state index >= 15 is 0 Å². The average Bonchev–Trinajstić information content (AvgIpc) is 3.61. The molecule has 1 aromatic rings. The predicted molar refractivity (Wildman–Crippen MR) is 199 cm³/mol. The summed E-state index contributed by atoms with van der Waals surface area (Å²) >= 11 is 0. The van der Waals surface area contributed by atoms with Crippen LogP contribution in [0.25, 0.3) is 0 Å². The van der Waals surface area contributed by atoms with E-state index in [0.717, 1.165) is 62.8 Å².